The predicted octanol–water partition coefficient (Wildman–Crippen LogP) is 0.999. The van der Waals surface area contributed by atoms with E-state index in [4.69, 9.17) is 4.74 Å². The monoisotopic (exact) mass is 174 g/mol. The van der Waals surface area contributed by atoms with Crippen LogP contribution in [-0.2, 0) is 9.53 Å². The molecule has 0 amide bonds. The first kappa shape index (κ1) is 11.6. The van der Waals surface area contributed by atoms with E-state index in [0.717, 1.165) is 0 Å². The Bertz CT molecular complexity index is 134. The second kappa shape index (κ2) is 6.14. The lowest BCUT2D eigenvalue weighted by Crippen LogP contribution is -2.26. The first-order valence-electron chi connectivity index (χ1n) is 4.34. The number of carbonyl (C=O) groups is 1. The van der Waals surface area contributed by atoms with Crippen LogP contribution in [0.4, 0.5) is 0 Å². The molecule has 1 N–H and O–H groups in total. The number of hydrogen-bond donors (Lipinski definition) is 1. The molecule has 0 aliphatic rings. The minimum Gasteiger partial charge on any atom is -0.385 e. The maximum atomic E-state index is 11.3. The van der Waals surface area contributed by atoms with E-state index in [1.807, 2.05) is 6.92 Å². The van der Waals surface area contributed by atoms with Gasteiger partial charge in [0.05, 0.1) is 0 Å². The number of ketones is 1. The zero-order valence-electron chi connectivity index (χ0n) is 8.04. The normalized spacial score (nSPS) is 15.7. The quantitative estimate of drug-likeness (QED) is 0.653. The summed E-state index contributed by atoms with van der Waals surface area (Å²) >= 11 is 0. The number of aliphatic hydroxyl groups is 1. The molecule has 0 aliphatic heterocycles. The average Bonchev–Trinajstić information content (AvgIpc) is 2.11. The number of methoxy groups -OCH3 is 1. The van der Waals surface area contributed by atoms with E-state index in [0.29, 0.717) is 19.4 Å². The summed E-state index contributed by atoms with van der Waals surface area (Å²) in [5.41, 5.74) is 0. The molecule has 0 saturated carbocycles. The molecule has 0 radical (unpaired) electrons. The van der Waals surface area contributed by atoms with E-state index < -0.39 is 6.10 Å². The van der Waals surface area contributed by atoms with E-state index in [2.05, 4.69) is 0 Å². The van der Waals surface area contributed by atoms with Crippen LogP contribution in [0.3, 0.4) is 0 Å². The van der Waals surface area contributed by atoms with Crippen molar-refractivity contribution in [3.05, 3.63) is 0 Å². The summed E-state index contributed by atoms with van der Waals surface area (Å²) in [5, 5.41) is 9.21. The topological polar surface area (TPSA) is 46.5 Å². The molecule has 0 saturated heterocycles. The van der Waals surface area contributed by atoms with Crippen molar-refractivity contribution in [2.75, 3.05) is 13.7 Å². The van der Waals surface area contributed by atoms with Crippen LogP contribution in [0.1, 0.15) is 26.7 Å². The van der Waals surface area contributed by atoms with Crippen LogP contribution in [-0.4, -0.2) is 30.7 Å². The predicted molar refractivity (Wildman–Crippen MR) is 47.0 cm³/mol. The molecular weight excluding hydrogens is 156 g/mol. The van der Waals surface area contributed by atoms with Crippen molar-refractivity contribution in [3.8, 4) is 0 Å². The van der Waals surface area contributed by atoms with Crippen molar-refractivity contribution < 1.29 is 14.6 Å². The van der Waals surface area contributed by atoms with Crippen molar-refractivity contribution in [1.29, 1.82) is 0 Å². The summed E-state index contributed by atoms with van der Waals surface area (Å²) in [6, 6.07) is 0. The summed E-state index contributed by atoms with van der Waals surface area (Å²) in [6.45, 7) is 4.19. The first-order chi connectivity index (χ1) is 5.63. The Morgan fingerprint density at radius 2 is 2.17 bits per heavy atom. The highest BCUT2D eigenvalue weighted by Gasteiger charge is 2.19. The van der Waals surface area contributed by atoms with Gasteiger partial charge in [-0.05, 0) is 12.8 Å². The number of Topliss-reactive ketones (excluding diaryl/α,β-unsaturated/α-hetero) is 1. The molecule has 0 aromatic rings. The second-order valence-electron chi connectivity index (χ2n) is 3.01. The Hall–Kier alpha value is -0.410. The summed E-state index contributed by atoms with van der Waals surface area (Å²) in [7, 11) is 1.60. The molecule has 3 heteroatoms. The fourth-order valence-corrected chi connectivity index (χ4v) is 0.966. The van der Waals surface area contributed by atoms with Gasteiger partial charge in [0.2, 0.25) is 0 Å². The lowest BCUT2D eigenvalue weighted by molar-refractivity contribution is -0.131. The van der Waals surface area contributed by atoms with Crippen LogP contribution in [0.2, 0.25) is 0 Å². The van der Waals surface area contributed by atoms with E-state index in [-0.39, 0.29) is 11.7 Å². The first-order valence-corrected chi connectivity index (χ1v) is 4.34. The molecule has 3 nitrogen and oxygen atoms in total. The van der Waals surface area contributed by atoms with Gasteiger partial charge in [-0.25, -0.2) is 0 Å². The largest absolute Gasteiger partial charge is 0.385 e. The third-order valence-electron chi connectivity index (χ3n) is 1.96. The van der Waals surface area contributed by atoms with Gasteiger partial charge in [-0.2, -0.15) is 0 Å². The maximum Gasteiger partial charge on any atom is 0.164 e. The smallest absolute Gasteiger partial charge is 0.164 e. The van der Waals surface area contributed by atoms with Gasteiger partial charge in [-0.15, -0.1) is 0 Å². The van der Waals surface area contributed by atoms with Crippen LogP contribution in [0.15, 0.2) is 0 Å². The molecule has 2 atom stereocenters. The molecule has 72 valence electrons. The van der Waals surface area contributed by atoms with Gasteiger partial charge in [0.15, 0.2) is 5.78 Å². The van der Waals surface area contributed by atoms with Crippen LogP contribution in [0.5, 0.6) is 0 Å². The number of carbonyl (C=O) groups excluding carboxylic acids is 1. The van der Waals surface area contributed by atoms with Crippen molar-refractivity contribution in [2.45, 2.75) is 32.8 Å². The van der Waals surface area contributed by atoms with Crippen LogP contribution in [0.25, 0.3) is 0 Å². The zero-order valence-corrected chi connectivity index (χ0v) is 8.04. The van der Waals surface area contributed by atoms with Gasteiger partial charge in [-0.3, -0.25) is 4.79 Å². The molecule has 2 unspecified atom stereocenters. The van der Waals surface area contributed by atoms with Crippen molar-refractivity contribution in [3.63, 3.8) is 0 Å². The Kier molecular flexibility index (Phi) is 5.93. The highest BCUT2D eigenvalue weighted by Crippen LogP contribution is 2.08. The van der Waals surface area contributed by atoms with Gasteiger partial charge in [0.1, 0.15) is 6.10 Å². The molecule has 0 heterocycles. The summed E-state index contributed by atoms with van der Waals surface area (Å²) in [6.07, 6.45) is 0.389. The number of ether oxygens (including phenoxy) is 1. The molecule has 0 bridgehead atoms. The van der Waals surface area contributed by atoms with Crippen LogP contribution >= 0.6 is 0 Å². The van der Waals surface area contributed by atoms with Crippen molar-refractivity contribution in [1.82, 2.24) is 0 Å². The fraction of sp³-hybridized carbons (Fsp3) is 0.889. The summed E-state index contributed by atoms with van der Waals surface area (Å²) in [5.74, 6) is -0.172. The summed E-state index contributed by atoms with van der Waals surface area (Å²) < 4.78 is 4.84. The Balaban J connectivity index is 3.75. The van der Waals surface area contributed by atoms with Crippen molar-refractivity contribution >= 4 is 5.78 Å². The lowest BCUT2D eigenvalue weighted by Gasteiger charge is -2.13. The highest BCUT2D eigenvalue weighted by molar-refractivity contribution is 5.84. The van der Waals surface area contributed by atoms with Gasteiger partial charge in [0, 0.05) is 19.6 Å². The molecule has 0 spiro atoms. The standard InChI is InChI=1S/C9H18O3/c1-4-8(10)9(11)7(2)5-6-12-3/h7-8,10H,4-6H2,1-3H3. The molecular formula is C9H18O3. The summed E-state index contributed by atoms with van der Waals surface area (Å²) in [4.78, 5) is 11.3. The van der Waals surface area contributed by atoms with E-state index in [1.54, 1.807) is 14.0 Å². The highest BCUT2D eigenvalue weighted by atomic mass is 16.5. The average molecular weight is 174 g/mol. The van der Waals surface area contributed by atoms with Gasteiger partial charge in [0.25, 0.3) is 0 Å². The third kappa shape index (κ3) is 3.83. The third-order valence-corrected chi connectivity index (χ3v) is 1.96. The molecule has 0 rings (SSSR count). The Labute approximate surface area is 73.7 Å². The van der Waals surface area contributed by atoms with Crippen LogP contribution < -0.4 is 0 Å². The minimum absolute atomic E-state index is 0.0745. The number of hydrogen-bond acceptors (Lipinski definition) is 3. The van der Waals surface area contributed by atoms with E-state index >= 15 is 0 Å². The van der Waals surface area contributed by atoms with Crippen molar-refractivity contribution in [2.24, 2.45) is 5.92 Å². The number of aliphatic hydroxyl groups excluding tert-OH is 1. The zero-order chi connectivity index (χ0) is 9.56. The van der Waals surface area contributed by atoms with Gasteiger partial charge < -0.3 is 9.84 Å². The molecule has 0 aliphatic carbocycles. The van der Waals surface area contributed by atoms with E-state index in [9.17, 15) is 9.90 Å². The molecule has 0 fully saturated rings. The fourth-order valence-electron chi connectivity index (χ4n) is 0.966. The second-order valence-corrected chi connectivity index (χ2v) is 3.01. The molecule has 0 aromatic carbocycles. The van der Waals surface area contributed by atoms with Gasteiger partial charge in [-0.1, -0.05) is 13.8 Å². The number of rotatable bonds is 6. The Morgan fingerprint density at radius 3 is 2.58 bits per heavy atom. The molecule has 0 aromatic heterocycles. The van der Waals surface area contributed by atoms with Gasteiger partial charge >= 0.3 is 0 Å². The van der Waals surface area contributed by atoms with E-state index in [1.165, 1.54) is 0 Å². The Morgan fingerprint density at radius 1 is 1.58 bits per heavy atom. The minimum atomic E-state index is -0.795. The lowest BCUT2D eigenvalue weighted by atomic mass is 9.97. The molecule has 12 heavy (non-hydrogen) atoms. The van der Waals surface area contributed by atoms with Crippen LogP contribution in [0, 0.1) is 5.92 Å². The SMILES string of the molecule is CCC(O)C(=O)C(C)CCOC. The maximum absolute atomic E-state index is 11.3.